The second-order valence-corrected chi connectivity index (χ2v) is 5.30. The Morgan fingerprint density at radius 2 is 2.38 bits per heavy atom. The lowest BCUT2D eigenvalue weighted by atomic mass is 9.95. The van der Waals surface area contributed by atoms with Gasteiger partial charge in [0.15, 0.2) is 5.76 Å². The van der Waals surface area contributed by atoms with Crippen molar-refractivity contribution in [3.63, 3.8) is 0 Å². The summed E-state index contributed by atoms with van der Waals surface area (Å²) in [6.07, 6.45) is 6.68. The normalized spacial score (nSPS) is 32.4. The molecule has 1 N–H and O–H groups in total. The summed E-state index contributed by atoms with van der Waals surface area (Å²) >= 11 is 0. The molecule has 3 atom stereocenters. The van der Waals surface area contributed by atoms with Crippen LogP contribution in [0.15, 0.2) is 10.6 Å². The number of fused-ring (bicyclic) bond motifs is 2. The Balaban J connectivity index is 1.53. The molecule has 2 fully saturated rings. The Kier molecular flexibility index (Phi) is 2.72. The number of hydrogen-bond acceptors (Lipinski definition) is 3. The molecule has 0 saturated heterocycles. The van der Waals surface area contributed by atoms with Gasteiger partial charge in [-0.3, -0.25) is 0 Å². The van der Waals surface area contributed by atoms with E-state index < -0.39 is 0 Å². The number of aromatic nitrogens is 1. The highest BCUT2D eigenvalue weighted by atomic mass is 16.5. The summed E-state index contributed by atoms with van der Waals surface area (Å²) in [7, 11) is 0. The van der Waals surface area contributed by atoms with Crippen molar-refractivity contribution in [2.75, 3.05) is 0 Å². The highest BCUT2D eigenvalue weighted by molar-refractivity contribution is 5.05. The van der Waals surface area contributed by atoms with Gasteiger partial charge in [-0.25, -0.2) is 0 Å². The van der Waals surface area contributed by atoms with Gasteiger partial charge in [0.05, 0.1) is 12.2 Å². The molecule has 0 amide bonds. The first-order valence-corrected chi connectivity index (χ1v) is 6.53. The van der Waals surface area contributed by atoms with Gasteiger partial charge in [0.25, 0.3) is 0 Å². The van der Waals surface area contributed by atoms with Crippen LogP contribution in [0.1, 0.15) is 44.1 Å². The maximum absolute atomic E-state index is 5.28. The zero-order valence-corrected chi connectivity index (χ0v) is 9.91. The monoisotopic (exact) mass is 220 g/mol. The lowest BCUT2D eigenvalue weighted by Crippen LogP contribution is -2.33. The Morgan fingerprint density at radius 1 is 1.44 bits per heavy atom. The van der Waals surface area contributed by atoms with Crippen LogP contribution in [0, 0.1) is 11.8 Å². The summed E-state index contributed by atoms with van der Waals surface area (Å²) < 4.78 is 5.28. The van der Waals surface area contributed by atoms with Gasteiger partial charge in [0.1, 0.15) is 0 Å². The average Bonchev–Trinajstić information content (AvgIpc) is 3.02. The van der Waals surface area contributed by atoms with Crippen molar-refractivity contribution >= 4 is 0 Å². The summed E-state index contributed by atoms with van der Waals surface area (Å²) in [5.74, 6) is 2.92. The molecule has 3 rings (SSSR count). The van der Waals surface area contributed by atoms with Crippen LogP contribution in [0.25, 0.3) is 0 Å². The van der Waals surface area contributed by atoms with Crippen LogP contribution in [-0.2, 0) is 13.0 Å². The minimum absolute atomic E-state index is 0.730. The summed E-state index contributed by atoms with van der Waals surface area (Å²) in [5.41, 5.74) is 1.06. The number of hydrogen-bond donors (Lipinski definition) is 1. The molecule has 1 aromatic rings. The SMILES string of the molecule is CCc1cc(CNC2CC3CCC2C3)on1. The lowest BCUT2D eigenvalue weighted by Gasteiger charge is -2.22. The zero-order valence-electron chi connectivity index (χ0n) is 9.91. The van der Waals surface area contributed by atoms with E-state index in [4.69, 9.17) is 4.52 Å². The standard InChI is InChI=1S/C13H20N2O/c1-2-11-7-12(16-15-11)8-14-13-6-9-3-4-10(13)5-9/h7,9-10,13-14H,2-6,8H2,1H3. The average molecular weight is 220 g/mol. The summed E-state index contributed by atoms with van der Waals surface area (Å²) in [5, 5.41) is 7.65. The number of nitrogens with one attached hydrogen (secondary N) is 1. The van der Waals surface area contributed by atoms with Crippen molar-refractivity contribution in [3.05, 3.63) is 17.5 Å². The number of nitrogens with zero attached hydrogens (tertiary/aromatic N) is 1. The van der Waals surface area contributed by atoms with Crippen molar-refractivity contribution in [2.45, 2.75) is 51.6 Å². The van der Waals surface area contributed by atoms with Crippen LogP contribution in [0.4, 0.5) is 0 Å². The van der Waals surface area contributed by atoms with E-state index in [2.05, 4.69) is 23.5 Å². The Morgan fingerprint density at radius 3 is 3.00 bits per heavy atom. The van der Waals surface area contributed by atoms with Crippen molar-refractivity contribution < 1.29 is 4.52 Å². The van der Waals surface area contributed by atoms with E-state index in [1.54, 1.807) is 0 Å². The minimum Gasteiger partial charge on any atom is -0.360 e. The number of aryl methyl sites for hydroxylation is 1. The Hall–Kier alpha value is -0.830. The van der Waals surface area contributed by atoms with Crippen molar-refractivity contribution in [3.8, 4) is 0 Å². The van der Waals surface area contributed by atoms with Crippen LogP contribution >= 0.6 is 0 Å². The first-order chi connectivity index (χ1) is 7.85. The van der Waals surface area contributed by atoms with Crippen LogP contribution < -0.4 is 5.32 Å². The summed E-state index contributed by atoms with van der Waals surface area (Å²) in [6, 6.07) is 2.80. The quantitative estimate of drug-likeness (QED) is 0.847. The summed E-state index contributed by atoms with van der Waals surface area (Å²) in [4.78, 5) is 0. The molecular weight excluding hydrogens is 200 g/mol. The predicted molar refractivity (Wildman–Crippen MR) is 62.0 cm³/mol. The molecule has 2 aliphatic rings. The van der Waals surface area contributed by atoms with Crippen LogP contribution in [0.5, 0.6) is 0 Å². The molecule has 88 valence electrons. The highest BCUT2D eigenvalue weighted by Gasteiger charge is 2.39. The molecule has 3 unspecified atom stereocenters. The lowest BCUT2D eigenvalue weighted by molar-refractivity contribution is 0.318. The molecule has 1 heterocycles. The van der Waals surface area contributed by atoms with Crippen LogP contribution in [0.2, 0.25) is 0 Å². The van der Waals surface area contributed by atoms with E-state index in [1.807, 2.05) is 0 Å². The molecule has 0 radical (unpaired) electrons. The van der Waals surface area contributed by atoms with Gasteiger partial charge in [-0.1, -0.05) is 18.5 Å². The fourth-order valence-corrected chi connectivity index (χ4v) is 3.33. The van der Waals surface area contributed by atoms with Crippen molar-refractivity contribution in [2.24, 2.45) is 11.8 Å². The Bertz CT molecular complexity index is 361. The van der Waals surface area contributed by atoms with Gasteiger partial charge in [0, 0.05) is 12.1 Å². The molecule has 2 bridgehead atoms. The smallest absolute Gasteiger partial charge is 0.150 e. The number of rotatable bonds is 4. The molecule has 2 aliphatic carbocycles. The van der Waals surface area contributed by atoms with E-state index in [1.165, 1.54) is 25.7 Å². The third-order valence-electron chi connectivity index (χ3n) is 4.25. The molecule has 16 heavy (non-hydrogen) atoms. The van der Waals surface area contributed by atoms with Gasteiger partial charge in [-0.2, -0.15) is 0 Å². The Labute approximate surface area is 96.6 Å². The molecule has 3 heteroatoms. The van der Waals surface area contributed by atoms with Gasteiger partial charge in [0.2, 0.25) is 0 Å². The van der Waals surface area contributed by atoms with Gasteiger partial charge < -0.3 is 9.84 Å². The summed E-state index contributed by atoms with van der Waals surface area (Å²) in [6.45, 7) is 2.95. The third-order valence-corrected chi connectivity index (χ3v) is 4.25. The molecule has 1 aromatic heterocycles. The largest absolute Gasteiger partial charge is 0.360 e. The van der Waals surface area contributed by atoms with Crippen molar-refractivity contribution in [1.82, 2.24) is 10.5 Å². The maximum Gasteiger partial charge on any atom is 0.150 e. The fourth-order valence-electron chi connectivity index (χ4n) is 3.33. The maximum atomic E-state index is 5.28. The predicted octanol–water partition coefficient (Wildman–Crippen LogP) is 2.52. The second-order valence-electron chi connectivity index (χ2n) is 5.30. The zero-order chi connectivity index (χ0) is 11.0. The molecule has 0 aliphatic heterocycles. The highest BCUT2D eigenvalue weighted by Crippen LogP contribution is 2.44. The van der Waals surface area contributed by atoms with Crippen LogP contribution in [-0.4, -0.2) is 11.2 Å². The molecule has 2 saturated carbocycles. The van der Waals surface area contributed by atoms with Crippen molar-refractivity contribution in [1.29, 1.82) is 0 Å². The molecule has 3 nitrogen and oxygen atoms in total. The first kappa shape index (κ1) is 10.3. The third kappa shape index (κ3) is 1.88. The molecule has 0 aromatic carbocycles. The first-order valence-electron chi connectivity index (χ1n) is 6.53. The van der Waals surface area contributed by atoms with E-state index in [9.17, 15) is 0 Å². The van der Waals surface area contributed by atoms with Crippen LogP contribution in [0.3, 0.4) is 0 Å². The minimum atomic E-state index is 0.730. The van der Waals surface area contributed by atoms with E-state index in [-0.39, 0.29) is 0 Å². The van der Waals surface area contributed by atoms with E-state index in [0.717, 1.165) is 42.3 Å². The fraction of sp³-hybridized carbons (Fsp3) is 0.769. The van der Waals surface area contributed by atoms with Gasteiger partial charge >= 0.3 is 0 Å². The second kappa shape index (κ2) is 4.21. The van der Waals surface area contributed by atoms with E-state index in [0.29, 0.717) is 0 Å². The van der Waals surface area contributed by atoms with Gasteiger partial charge in [-0.05, 0) is 37.5 Å². The molecular formula is C13H20N2O. The topological polar surface area (TPSA) is 38.1 Å². The van der Waals surface area contributed by atoms with E-state index >= 15 is 0 Å². The molecule has 0 spiro atoms. The van der Waals surface area contributed by atoms with Gasteiger partial charge in [-0.15, -0.1) is 0 Å².